The van der Waals surface area contributed by atoms with Gasteiger partial charge in [0.25, 0.3) is 5.56 Å². The summed E-state index contributed by atoms with van der Waals surface area (Å²) < 4.78 is 1.31. The van der Waals surface area contributed by atoms with Crippen LogP contribution in [-0.4, -0.2) is 32.6 Å². The zero-order chi connectivity index (χ0) is 19.3. The largest absolute Gasteiger partial charge is 0.480 e. The van der Waals surface area contributed by atoms with Gasteiger partial charge in [-0.05, 0) is 24.5 Å². The maximum Gasteiger partial charge on any atom is 0.326 e. The van der Waals surface area contributed by atoms with Crippen LogP contribution in [0.5, 0.6) is 0 Å². The van der Waals surface area contributed by atoms with Gasteiger partial charge in [0, 0.05) is 0 Å². The second kappa shape index (κ2) is 8.60. The van der Waals surface area contributed by atoms with Gasteiger partial charge >= 0.3 is 5.97 Å². The zero-order valence-electron chi connectivity index (χ0n) is 15.3. The smallest absolute Gasteiger partial charge is 0.326 e. The number of aliphatic carboxylic acids is 1. The molecule has 2 atom stereocenters. The number of benzene rings is 1. The van der Waals surface area contributed by atoms with Crippen LogP contribution in [0.1, 0.15) is 46.1 Å². The fourth-order valence-corrected chi connectivity index (χ4v) is 2.86. The van der Waals surface area contributed by atoms with E-state index in [0.29, 0.717) is 17.3 Å². The Labute approximate surface area is 152 Å². The molecule has 1 aromatic carbocycles. The third-order valence-electron chi connectivity index (χ3n) is 4.39. The SMILES string of the molecule is CCCC[C@@H](C(=O)N[C@H](C(=O)O)C(C)C)n1cnc2ccccc2c1=O. The van der Waals surface area contributed by atoms with Crippen LogP contribution in [0.3, 0.4) is 0 Å². The quantitative estimate of drug-likeness (QED) is 0.753. The van der Waals surface area contributed by atoms with E-state index in [1.807, 2.05) is 6.92 Å². The molecule has 1 amide bonds. The Morgan fingerprint density at radius 2 is 1.96 bits per heavy atom. The highest BCUT2D eigenvalue weighted by Gasteiger charge is 2.29. The summed E-state index contributed by atoms with van der Waals surface area (Å²) in [6.07, 6.45) is 3.39. The molecule has 0 saturated carbocycles. The van der Waals surface area contributed by atoms with Crippen molar-refractivity contribution in [1.82, 2.24) is 14.9 Å². The predicted octanol–water partition coefficient (Wildman–Crippen LogP) is 2.35. The lowest BCUT2D eigenvalue weighted by molar-refractivity contribution is -0.143. The van der Waals surface area contributed by atoms with Gasteiger partial charge in [-0.1, -0.05) is 45.7 Å². The third kappa shape index (κ3) is 4.28. The summed E-state index contributed by atoms with van der Waals surface area (Å²) in [5.41, 5.74) is 0.261. The molecule has 0 spiro atoms. The van der Waals surface area contributed by atoms with E-state index in [-0.39, 0.29) is 11.5 Å². The summed E-state index contributed by atoms with van der Waals surface area (Å²) in [5.74, 6) is -1.83. The monoisotopic (exact) mass is 359 g/mol. The van der Waals surface area contributed by atoms with E-state index < -0.39 is 24.0 Å². The molecule has 140 valence electrons. The number of carboxylic acid groups (broad SMARTS) is 1. The van der Waals surface area contributed by atoms with Crippen molar-refractivity contribution >= 4 is 22.8 Å². The Morgan fingerprint density at radius 3 is 2.58 bits per heavy atom. The van der Waals surface area contributed by atoms with E-state index in [0.717, 1.165) is 12.8 Å². The minimum absolute atomic E-state index is 0.269. The molecule has 1 aromatic heterocycles. The van der Waals surface area contributed by atoms with Crippen molar-refractivity contribution < 1.29 is 14.7 Å². The molecule has 2 N–H and O–H groups in total. The lowest BCUT2D eigenvalue weighted by Crippen LogP contribution is -2.48. The van der Waals surface area contributed by atoms with Crippen LogP contribution in [0.25, 0.3) is 10.9 Å². The van der Waals surface area contributed by atoms with Gasteiger partial charge in [0.2, 0.25) is 5.91 Å². The fourth-order valence-electron chi connectivity index (χ4n) is 2.86. The molecule has 0 aliphatic heterocycles. The molecule has 0 aliphatic rings. The number of carbonyl (C=O) groups excluding carboxylic acids is 1. The van der Waals surface area contributed by atoms with E-state index in [9.17, 15) is 19.5 Å². The second-order valence-corrected chi connectivity index (χ2v) is 6.70. The van der Waals surface area contributed by atoms with Gasteiger partial charge in [0.1, 0.15) is 12.1 Å². The van der Waals surface area contributed by atoms with Gasteiger partial charge in [-0.3, -0.25) is 14.2 Å². The summed E-state index contributed by atoms with van der Waals surface area (Å²) in [7, 11) is 0. The van der Waals surface area contributed by atoms with Crippen LogP contribution in [0.15, 0.2) is 35.4 Å². The van der Waals surface area contributed by atoms with Gasteiger partial charge < -0.3 is 10.4 Å². The molecule has 0 saturated heterocycles. The number of amides is 1. The standard InChI is InChI=1S/C19H25N3O4/c1-4-5-10-15(17(23)21-16(12(2)3)19(25)26)22-11-20-14-9-7-6-8-13(14)18(22)24/h6-9,11-12,15-16H,4-5,10H2,1-3H3,(H,21,23)(H,25,26)/t15-,16-/m0/s1. The maximum absolute atomic E-state index is 12.8. The van der Waals surface area contributed by atoms with Crippen LogP contribution in [0, 0.1) is 5.92 Å². The van der Waals surface area contributed by atoms with Gasteiger partial charge in [0.05, 0.1) is 17.2 Å². The molecule has 0 aliphatic carbocycles. The van der Waals surface area contributed by atoms with E-state index >= 15 is 0 Å². The van der Waals surface area contributed by atoms with Gasteiger partial charge in [0.15, 0.2) is 0 Å². The minimum Gasteiger partial charge on any atom is -0.480 e. The van der Waals surface area contributed by atoms with Crippen molar-refractivity contribution in [2.45, 2.75) is 52.1 Å². The number of hydrogen-bond donors (Lipinski definition) is 2. The molecule has 26 heavy (non-hydrogen) atoms. The number of carboxylic acids is 1. The zero-order valence-corrected chi connectivity index (χ0v) is 15.3. The van der Waals surface area contributed by atoms with E-state index in [1.54, 1.807) is 38.1 Å². The maximum atomic E-state index is 12.8. The summed E-state index contributed by atoms with van der Waals surface area (Å²) in [6, 6.07) is 5.15. The van der Waals surface area contributed by atoms with Crippen LogP contribution < -0.4 is 10.9 Å². The van der Waals surface area contributed by atoms with E-state index in [4.69, 9.17) is 0 Å². The van der Waals surface area contributed by atoms with Crippen molar-refractivity contribution in [3.63, 3.8) is 0 Å². The number of para-hydroxylation sites is 1. The first kappa shape index (κ1) is 19.6. The molecule has 2 aromatic rings. The van der Waals surface area contributed by atoms with Gasteiger partial charge in [-0.25, -0.2) is 9.78 Å². The van der Waals surface area contributed by atoms with Crippen LogP contribution in [0.4, 0.5) is 0 Å². The molecule has 0 radical (unpaired) electrons. The van der Waals surface area contributed by atoms with Gasteiger partial charge in [-0.15, -0.1) is 0 Å². The molecule has 0 unspecified atom stereocenters. The van der Waals surface area contributed by atoms with Crippen LogP contribution in [-0.2, 0) is 9.59 Å². The fraction of sp³-hybridized carbons (Fsp3) is 0.474. The molecule has 1 heterocycles. The molecule has 2 rings (SSSR count). The normalized spacial score (nSPS) is 13.5. The lowest BCUT2D eigenvalue weighted by Gasteiger charge is -2.23. The first-order chi connectivity index (χ1) is 12.4. The first-order valence-electron chi connectivity index (χ1n) is 8.85. The second-order valence-electron chi connectivity index (χ2n) is 6.70. The highest BCUT2D eigenvalue weighted by molar-refractivity contribution is 5.86. The van der Waals surface area contributed by atoms with Crippen LogP contribution in [0.2, 0.25) is 0 Å². The number of rotatable bonds is 8. The summed E-state index contributed by atoms with van der Waals surface area (Å²) >= 11 is 0. The number of nitrogens with one attached hydrogen (secondary N) is 1. The minimum atomic E-state index is -1.09. The Hall–Kier alpha value is -2.70. The van der Waals surface area contributed by atoms with Crippen molar-refractivity contribution in [2.24, 2.45) is 5.92 Å². The van der Waals surface area contributed by atoms with E-state index in [1.165, 1.54) is 10.9 Å². The highest BCUT2D eigenvalue weighted by Crippen LogP contribution is 2.16. The Balaban J connectivity index is 2.41. The molecular weight excluding hydrogens is 334 g/mol. The first-order valence-corrected chi connectivity index (χ1v) is 8.85. The van der Waals surface area contributed by atoms with Gasteiger partial charge in [-0.2, -0.15) is 0 Å². The topological polar surface area (TPSA) is 101 Å². The number of carbonyl (C=O) groups is 2. The third-order valence-corrected chi connectivity index (χ3v) is 4.39. The Bertz CT molecular complexity index is 844. The summed E-state index contributed by atoms with van der Waals surface area (Å²) in [6.45, 7) is 5.44. The number of hydrogen-bond acceptors (Lipinski definition) is 4. The average Bonchev–Trinajstić information content (AvgIpc) is 2.61. The molecule has 0 fully saturated rings. The summed E-state index contributed by atoms with van der Waals surface area (Å²) in [5, 5.41) is 12.3. The lowest BCUT2D eigenvalue weighted by atomic mass is 10.0. The molecule has 7 heteroatoms. The molecule has 0 bridgehead atoms. The van der Waals surface area contributed by atoms with Crippen LogP contribution >= 0.6 is 0 Å². The number of unbranched alkanes of at least 4 members (excludes halogenated alkanes) is 1. The Kier molecular flexibility index (Phi) is 6.49. The average molecular weight is 359 g/mol. The van der Waals surface area contributed by atoms with Crippen molar-refractivity contribution in [3.05, 3.63) is 40.9 Å². The number of nitrogens with zero attached hydrogens (tertiary/aromatic N) is 2. The Morgan fingerprint density at radius 1 is 1.27 bits per heavy atom. The predicted molar refractivity (Wildman–Crippen MR) is 99.0 cm³/mol. The number of fused-ring (bicyclic) bond motifs is 1. The molecular formula is C19H25N3O4. The molecule has 7 nitrogen and oxygen atoms in total. The van der Waals surface area contributed by atoms with Crippen molar-refractivity contribution in [1.29, 1.82) is 0 Å². The van der Waals surface area contributed by atoms with E-state index in [2.05, 4.69) is 10.3 Å². The van der Waals surface area contributed by atoms with Crippen molar-refractivity contribution in [2.75, 3.05) is 0 Å². The van der Waals surface area contributed by atoms with Crippen molar-refractivity contribution in [3.8, 4) is 0 Å². The highest BCUT2D eigenvalue weighted by atomic mass is 16.4. The number of aromatic nitrogens is 2. The summed E-state index contributed by atoms with van der Waals surface area (Å²) in [4.78, 5) is 41.3.